The van der Waals surface area contributed by atoms with Crippen LogP contribution in [0, 0.1) is 0 Å². The van der Waals surface area contributed by atoms with Gasteiger partial charge in [0.2, 0.25) is 0 Å². The molecule has 1 unspecified atom stereocenters. The maximum atomic E-state index is 12.8. The van der Waals surface area contributed by atoms with Gasteiger partial charge in [-0.05, 0) is 35.9 Å². The third-order valence-electron chi connectivity index (χ3n) is 3.98. The van der Waals surface area contributed by atoms with Crippen LogP contribution in [-0.4, -0.2) is 25.6 Å². The minimum atomic E-state index is -3.55. The van der Waals surface area contributed by atoms with Gasteiger partial charge in [0.15, 0.2) is 9.84 Å². The highest BCUT2D eigenvalue weighted by atomic mass is 35.5. The van der Waals surface area contributed by atoms with E-state index in [1.54, 1.807) is 12.3 Å². The summed E-state index contributed by atoms with van der Waals surface area (Å²) in [6.45, 7) is 0. The van der Waals surface area contributed by atoms with Crippen LogP contribution in [0.1, 0.15) is 27.7 Å². The fourth-order valence-electron chi connectivity index (χ4n) is 2.66. The molecule has 0 saturated heterocycles. The molecule has 1 aromatic heterocycles. The van der Waals surface area contributed by atoms with Gasteiger partial charge in [-0.15, -0.1) is 0 Å². The van der Waals surface area contributed by atoms with E-state index in [1.807, 2.05) is 42.5 Å². The second kappa shape index (κ2) is 7.90. The minimum Gasteiger partial charge on any atom is -0.340 e. The lowest BCUT2D eigenvalue weighted by molar-refractivity contribution is 0.0942. The van der Waals surface area contributed by atoms with Gasteiger partial charge in [0.1, 0.15) is 0 Å². The Labute approximate surface area is 163 Å². The normalized spacial score (nSPS) is 12.4. The summed E-state index contributed by atoms with van der Waals surface area (Å²) in [5, 5.41) is 3.01. The molecule has 7 heteroatoms. The third-order valence-corrected chi connectivity index (χ3v) is 5.56. The number of benzene rings is 2. The van der Waals surface area contributed by atoms with E-state index in [-0.39, 0.29) is 15.5 Å². The first kappa shape index (κ1) is 19.1. The van der Waals surface area contributed by atoms with Crippen molar-refractivity contribution in [3.8, 4) is 0 Å². The molecule has 27 heavy (non-hydrogen) atoms. The molecule has 5 nitrogen and oxygen atoms in total. The number of halogens is 1. The first-order valence-corrected chi connectivity index (χ1v) is 10.4. The largest absolute Gasteiger partial charge is 0.340 e. The van der Waals surface area contributed by atoms with Crippen molar-refractivity contribution in [3.63, 3.8) is 0 Å². The summed E-state index contributed by atoms with van der Waals surface area (Å²) in [6.07, 6.45) is 2.71. The Kier molecular flexibility index (Phi) is 5.58. The zero-order valence-electron chi connectivity index (χ0n) is 14.5. The molecule has 0 bridgehead atoms. The Balaban J connectivity index is 1.97. The molecular weight excluding hydrogens is 384 g/mol. The Morgan fingerprint density at radius 1 is 1.04 bits per heavy atom. The van der Waals surface area contributed by atoms with Crippen molar-refractivity contribution in [2.45, 2.75) is 10.9 Å². The maximum Gasteiger partial charge on any atom is 0.252 e. The van der Waals surface area contributed by atoms with Gasteiger partial charge in [0.05, 0.1) is 21.7 Å². The highest BCUT2D eigenvalue weighted by Gasteiger charge is 2.21. The van der Waals surface area contributed by atoms with Gasteiger partial charge in [-0.3, -0.25) is 9.78 Å². The Bertz CT molecular complexity index is 1020. The van der Waals surface area contributed by atoms with E-state index in [4.69, 9.17) is 11.6 Å². The second-order valence-corrected chi connectivity index (χ2v) is 8.38. The summed E-state index contributed by atoms with van der Waals surface area (Å²) < 4.78 is 23.7. The monoisotopic (exact) mass is 400 g/mol. The zero-order chi connectivity index (χ0) is 19.4. The number of hydrogen-bond acceptors (Lipinski definition) is 4. The van der Waals surface area contributed by atoms with Crippen molar-refractivity contribution in [2.75, 3.05) is 6.26 Å². The van der Waals surface area contributed by atoms with Crippen LogP contribution >= 0.6 is 11.6 Å². The average molecular weight is 401 g/mol. The number of nitrogens with zero attached hydrogens (tertiary/aromatic N) is 1. The lowest BCUT2D eigenvalue weighted by Gasteiger charge is -2.19. The predicted octanol–water partition coefficient (Wildman–Crippen LogP) is 3.66. The van der Waals surface area contributed by atoms with Gasteiger partial charge < -0.3 is 5.32 Å². The van der Waals surface area contributed by atoms with Crippen LogP contribution in [0.2, 0.25) is 5.02 Å². The number of aromatic nitrogens is 1. The topological polar surface area (TPSA) is 76.1 Å². The van der Waals surface area contributed by atoms with E-state index in [9.17, 15) is 13.2 Å². The predicted molar refractivity (Wildman–Crippen MR) is 105 cm³/mol. The molecule has 0 saturated carbocycles. The van der Waals surface area contributed by atoms with Gasteiger partial charge in [0.25, 0.3) is 5.91 Å². The summed E-state index contributed by atoms with van der Waals surface area (Å²) >= 11 is 5.96. The maximum absolute atomic E-state index is 12.8. The zero-order valence-corrected chi connectivity index (χ0v) is 16.0. The number of sulfone groups is 1. The second-order valence-electron chi connectivity index (χ2n) is 5.99. The number of hydrogen-bond donors (Lipinski definition) is 1. The molecule has 3 rings (SSSR count). The molecule has 3 aromatic rings. The van der Waals surface area contributed by atoms with Crippen LogP contribution in [0.3, 0.4) is 0 Å². The van der Waals surface area contributed by atoms with E-state index >= 15 is 0 Å². The van der Waals surface area contributed by atoms with Crippen LogP contribution in [0.25, 0.3) is 0 Å². The SMILES string of the molecule is CS(=O)(=O)c1cc(C(=O)NC(c2ccccc2)c2ccccn2)ccc1Cl. The molecular formula is C20H17ClN2O3S. The first-order chi connectivity index (χ1) is 12.9. The van der Waals surface area contributed by atoms with Gasteiger partial charge in [-0.1, -0.05) is 48.0 Å². The number of nitrogens with one attached hydrogen (secondary N) is 1. The number of rotatable bonds is 5. The van der Waals surface area contributed by atoms with Crippen LogP contribution in [-0.2, 0) is 9.84 Å². The number of amides is 1. The fourth-order valence-corrected chi connectivity index (χ4v) is 3.96. The van der Waals surface area contributed by atoms with Crippen molar-refractivity contribution < 1.29 is 13.2 Å². The summed E-state index contributed by atoms with van der Waals surface area (Å²) in [5.74, 6) is -0.420. The van der Waals surface area contributed by atoms with Gasteiger partial charge in [0, 0.05) is 18.0 Å². The van der Waals surface area contributed by atoms with Gasteiger partial charge in [-0.25, -0.2) is 8.42 Å². The van der Waals surface area contributed by atoms with Crippen molar-refractivity contribution in [1.82, 2.24) is 10.3 Å². The molecule has 1 amide bonds. The van der Waals surface area contributed by atoms with E-state index in [0.717, 1.165) is 11.8 Å². The molecule has 0 aliphatic rings. The van der Waals surface area contributed by atoms with Crippen LogP contribution < -0.4 is 5.32 Å². The molecule has 1 heterocycles. The van der Waals surface area contributed by atoms with Crippen molar-refractivity contribution in [1.29, 1.82) is 0 Å². The molecule has 0 aliphatic heterocycles. The van der Waals surface area contributed by atoms with E-state index < -0.39 is 21.8 Å². The highest BCUT2D eigenvalue weighted by Crippen LogP contribution is 2.24. The molecule has 0 radical (unpaired) electrons. The molecule has 0 aliphatic carbocycles. The van der Waals surface area contributed by atoms with E-state index in [1.165, 1.54) is 18.2 Å². The molecule has 2 aromatic carbocycles. The minimum absolute atomic E-state index is 0.0779. The Morgan fingerprint density at radius 3 is 2.37 bits per heavy atom. The molecule has 0 spiro atoms. The van der Waals surface area contributed by atoms with Crippen LogP contribution in [0.15, 0.2) is 77.8 Å². The number of carbonyl (C=O) groups excluding carboxylic acids is 1. The van der Waals surface area contributed by atoms with Gasteiger partial charge >= 0.3 is 0 Å². The van der Waals surface area contributed by atoms with Crippen molar-refractivity contribution in [2.24, 2.45) is 0 Å². The fraction of sp³-hybridized carbons (Fsp3) is 0.100. The summed E-state index contributed by atoms with van der Waals surface area (Å²) in [4.78, 5) is 17.1. The van der Waals surface area contributed by atoms with Crippen LogP contribution in [0.5, 0.6) is 0 Å². The smallest absolute Gasteiger partial charge is 0.252 e. The lowest BCUT2D eigenvalue weighted by Crippen LogP contribution is -2.30. The molecule has 0 fully saturated rings. The lowest BCUT2D eigenvalue weighted by atomic mass is 10.0. The van der Waals surface area contributed by atoms with Crippen molar-refractivity contribution >= 4 is 27.3 Å². The molecule has 1 atom stereocenters. The van der Waals surface area contributed by atoms with E-state index in [0.29, 0.717) is 5.69 Å². The Morgan fingerprint density at radius 2 is 1.74 bits per heavy atom. The van der Waals surface area contributed by atoms with E-state index in [2.05, 4.69) is 10.3 Å². The third kappa shape index (κ3) is 4.53. The summed E-state index contributed by atoms with van der Waals surface area (Å²) in [7, 11) is -3.55. The number of carbonyl (C=O) groups is 1. The molecule has 138 valence electrons. The Hall–Kier alpha value is -2.70. The number of pyridine rings is 1. The average Bonchev–Trinajstić information content (AvgIpc) is 2.66. The summed E-state index contributed by atoms with van der Waals surface area (Å²) in [6, 6.07) is 18.6. The van der Waals surface area contributed by atoms with Crippen molar-refractivity contribution in [3.05, 3.63) is 94.8 Å². The van der Waals surface area contributed by atoms with Crippen LogP contribution in [0.4, 0.5) is 0 Å². The summed E-state index contributed by atoms with van der Waals surface area (Å²) in [5.41, 5.74) is 1.74. The highest BCUT2D eigenvalue weighted by molar-refractivity contribution is 7.90. The molecule has 1 N–H and O–H groups in total. The standard InChI is InChI=1S/C20H17ClN2O3S/c1-27(25,26)18-13-15(10-11-16(18)21)20(24)23-19(14-7-3-2-4-8-14)17-9-5-6-12-22-17/h2-13,19H,1H3,(H,23,24). The van der Waals surface area contributed by atoms with Gasteiger partial charge in [-0.2, -0.15) is 0 Å². The first-order valence-electron chi connectivity index (χ1n) is 8.12. The quantitative estimate of drug-likeness (QED) is 0.709.